The average Bonchev–Trinajstić information content (AvgIpc) is 3.03. The lowest BCUT2D eigenvalue weighted by atomic mass is 10.2. The predicted octanol–water partition coefficient (Wildman–Crippen LogP) is 1.81. The second kappa shape index (κ2) is 6.06. The van der Waals surface area contributed by atoms with Gasteiger partial charge in [0.05, 0.1) is 11.1 Å². The van der Waals surface area contributed by atoms with Crippen LogP contribution in [-0.4, -0.2) is 26.0 Å². The Hall–Kier alpha value is -3.55. The molecule has 0 saturated carbocycles. The molecule has 0 radical (unpaired) electrons. The van der Waals surface area contributed by atoms with E-state index >= 15 is 0 Å². The summed E-state index contributed by atoms with van der Waals surface area (Å²) < 4.78 is 1.45. The second-order valence-electron chi connectivity index (χ2n) is 4.59. The van der Waals surface area contributed by atoms with E-state index in [-0.39, 0.29) is 0 Å². The minimum Gasteiger partial charge on any atom is -0.868 e. The fourth-order valence-corrected chi connectivity index (χ4v) is 1.98. The van der Waals surface area contributed by atoms with Crippen LogP contribution in [0.4, 0.5) is 5.69 Å². The zero-order chi connectivity index (χ0) is 16.2. The summed E-state index contributed by atoms with van der Waals surface area (Å²) in [6.07, 6.45) is 2.83. The molecule has 1 heterocycles. The number of aromatic nitrogens is 3. The monoisotopic (exact) mass is 308 g/mol. The van der Waals surface area contributed by atoms with Crippen molar-refractivity contribution in [3.05, 3.63) is 70.5 Å². The molecule has 0 saturated heterocycles. The first-order chi connectivity index (χ1) is 11.1. The number of nitrogens with zero attached hydrogens (tertiary/aromatic N) is 5. The summed E-state index contributed by atoms with van der Waals surface area (Å²) in [5.74, 6) is -0.0989. The van der Waals surface area contributed by atoms with Gasteiger partial charge >= 0.3 is 0 Å². The molecular formula is C15H10N5O3-. The minimum atomic E-state index is -0.714. The molecule has 0 amide bonds. The van der Waals surface area contributed by atoms with Crippen molar-refractivity contribution < 1.29 is 10.0 Å². The van der Waals surface area contributed by atoms with Crippen LogP contribution in [0.3, 0.4) is 0 Å². The fourth-order valence-electron chi connectivity index (χ4n) is 1.98. The predicted molar refractivity (Wildman–Crippen MR) is 81.0 cm³/mol. The van der Waals surface area contributed by atoms with Gasteiger partial charge in [0.2, 0.25) is 0 Å². The largest absolute Gasteiger partial charge is 0.868 e. The van der Waals surface area contributed by atoms with Crippen molar-refractivity contribution >= 4 is 11.9 Å². The number of rotatable bonds is 4. The maximum absolute atomic E-state index is 11.4. The van der Waals surface area contributed by atoms with E-state index < -0.39 is 16.4 Å². The van der Waals surface area contributed by atoms with E-state index in [1.54, 1.807) is 0 Å². The smallest absolute Gasteiger partial charge is 0.262 e. The summed E-state index contributed by atoms with van der Waals surface area (Å²) in [5.41, 5.74) is 0.785. The molecule has 0 fully saturated rings. The van der Waals surface area contributed by atoms with Gasteiger partial charge in [-0.3, -0.25) is 10.1 Å². The molecule has 8 nitrogen and oxygen atoms in total. The molecule has 0 N–H and O–H groups in total. The number of nitro groups is 1. The van der Waals surface area contributed by atoms with Crippen LogP contribution in [-0.2, 0) is 0 Å². The Labute approximate surface area is 130 Å². The first kappa shape index (κ1) is 14.4. The molecule has 2 aromatic carbocycles. The third kappa shape index (κ3) is 3.05. The zero-order valence-corrected chi connectivity index (χ0v) is 11.7. The average molecular weight is 308 g/mol. The third-order valence-corrected chi connectivity index (χ3v) is 3.07. The van der Waals surface area contributed by atoms with E-state index in [4.69, 9.17) is 0 Å². The summed E-state index contributed by atoms with van der Waals surface area (Å²) in [7, 11) is 0. The maximum atomic E-state index is 11.4. The zero-order valence-electron chi connectivity index (χ0n) is 11.7. The van der Waals surface area contributed by atoms with Crippen LogP contribution in [0.2, 0.25) is 0 Å². The molecule has 0 unspecified atom stereocenters. The van der Waals surface area contributed by atoms with Crippen molar-refractivity contribution in [1.29, 1.82) is 0 Å². The Balaban J connectivity index is 1.92. The summed E-state index contributed by atoms with van der Waals surface area (Å²) in [5, 5.41) is 34.2. The standard InChI is InChI=1S/C15H11N5O3/c21-14-7-6-11(8-13(14)20(22)23)9-17-19-10-16-18-15(19)12-4-2-1-3-5-12/h1-10,21H/p-1/b17-9-. The lowest BCUT2D eigenvalue weighted by molar-refractivity contribution is -0.398. The second-order valence-corrected chi connectivity index (χ2v) is 4.59. The van der Waals surface area contributed by atoms with Crippen LogP contribution in [0.15, 0.2) is 60.0 Å². The van der Waals surface area contributed by atoms with Crippen molar-refractivity contribution in [2.24, 2.45) is 5.10 Å². The Kier molecular flexibility index (Phi) is 3.79. The Morgan fingerprint density at radius 3 is 2.70 bits per heavy atom. The van der Waals surface area contributed by atoms with Gasteiger partial charge in [-0.2, -0.15) is 9.78 Å². The normalized spacial score (nSPS) is 11.0. The van der Waals surface area contributed by atoms with Gasteiger partial charge in [0.25, 0.3) is 5.69 Å². The minimum absolute atomic E-state index is 0.434. The molecule has 8 heteroatoms. The first-order valence-corrected chi connectivity index (χ1v) is 6.60. The van der Waals surface area contributed by atoms with Crippen LogP contribution in [0.1, 0.15) is 5.56 Å². The highest BCUT2D eigenvalue weighted by molar-refractivity contribution is 5.81. The molecule has 23 heavy (non-hydrogen) atoms. The first-order valence-electron chi connectivity index (χ1n) is 6.60. The van der Waals surface area contributed by atoms with Crippen molar-refractivity contribution in [1.82, 2.24) is 14.9 Å². The van der Waals surface area contributed by atoms with Crippen LogP contribution in [0.25, 0.3) is 11.4 Å². The van der Waals surface area contributed by atoms with Gasteiger partial charge in [0, 0.05) is 17.2 Å². The van der Waals surface area contributed by atoms with Crippen molar-refractivity contribution in [3.8, 4) is 17.1 Å². The number of hydrogen-bond acceptors (Lipinski definition) is 6. The highest BCUT2D eigenvalue weighted by Crippen LogP contribution is 2.23. The lowest BCUT2D eigenvalue weighted by Gasteiger charge is -2.06. The molecule has 3 aromatic rings. The van der Waals surface area contributed by atoms with E-state index in [2.05, 4.69) is 15.3 Å². The number of hydrogen-bond donors (Lipinski definition) is 0. The molecule has 0 bridgehead atoms. The van der Waals surface area contributed by atoms with Gasteiger partial charge in [-0.05, 0) is 5.75 Å². The Morgan fingerprint density at radius 2 is 1.96 bits per heavy atom. The van der Waals surface area contributed by atoms with E-state index in [1.165, 1.54) is 29.4 Å². The summed E-state index contributed by atoms with van der Waals surface area (Å²) >= 11 is 0. The van der Waals surface area contributed by atoms with Crippen molar-refractivity contribution in [2.45, 2.75) is 0 Å². The molecular weight excluding hydrogens is 298 g/mol. The third-order valence-electron chi connectivity index (χ3n) is 3.07. The van der Waals surface area contributed by atoms with Crippen LogP contribution < -0.4 is 5.11 Å². The van der Waals surface area contributed by atoms with Gasteiger partial charge in [0.15, 0.2) is 5.82 Å². The molecule has 1 aromatic heterocycles. The Morgan fingerprint density at radius 1 is 1.17 bits per heavy atom. The molecule has 114 valence electrons. The van der Waals surface area contributed by atoms with Crippen molar-refractivity contribution in [2.75, 3.05) is 0 Å². The number of benzene rings is 2. The van der Waals surface area contributed by atoms with Gasteiger partial charge in [0.1, 0.15) is 6.33 Å². The van der Waals surface area contributed by atoms with Crippen LogP contribution >= 0.6 is 0 Å². The van der Waals surface area contributed by atoms with Gasteiger partial charge in [-0.1, -0.05) is 42.5 Å². The summed E-state index contributed by atoms with van der Waals surface area (Å²) in [6, 6.07) is 13.1. The van der Waals surface area contributed by atoms with Crippen LogP contribution in [0.5, 0.6) is 5.75 Å². The van der Waals surface area contributed by atoms with E-state index in [1.807, 2.05) is 30.3 Å². The molecule has 0 spiro atoms. The van der Waals surface area contributed by atoms with Gasteiger partial charge in [-0.15, -0.1) is 10.2 Å². The van der Waals surface area contributed by atoms with Crippen molar-refractivity contribution in [3.63, 3.8) is 0 Å². The maximum Gasteiger partial charge on any atom is 0.262 e. The van der Waals surface area contributed by atoms with E-state index in [0.29, 0.717) is 11.4 Å². The summed E-state index contributed by atoms with van der Waals surface area (Å²) in [6.45, 7) is 0. The summed E-state index contributed by atoms with van der Waals surface area (Å²) in [4.78, 5) is 10.1. The highest BCUT2D eigenvalue weighted by Gasteiger charge is 2.08. The molecule has 3 rings (SSSR count). The fraction of sp³-hybridized carbons (Fsp3) is 0. The molecule has 0 aliphatic carbocycles. The quantitative estimate of drug-likeness (QED) is 0.415. The van der Waals surface area contributed by atoms with Gasteiger partial charge in [-0.25, -0.2) is 0 Å². The lowest BCUT2D eigenvalue weighted by Crippen LogP contribution is -1.99. The topological polar surface area (TPSA) is 109 Å². The van der Waals surface area contributed by atoms with Gasteiger partial charge < -0.3 is 5.11 Å². The highest BCUT2D eigenvalue weighted by atomic mass is 16.6. The number of nitro benzene ring substituents is 1. The molecule has 0 aliphatic rings. The van der Waals surface area contributed by atoms with E-state index in [9.17, 15) is 15.2 Å². The SMILES string of the molecule is O=[N+]([O-])c1cc(/C=N\n2cnnc2-c2ccccc2)ccc1[O-]. The molecule has 0 aliphatic heterocycles. The van der Waals surface area contributed by atoms with E-state index in [0.717, 1.165) is 11.6 Å². The molecule has 0 atom stereocenters. The Bertz CT molecular complexity index is 874. The van der Waals surface area contributed by atoms with Crippen LogP contribution in [0, 0.1) is 10.1 Å².